The number of rotatable bonds is 2. The van der Waals surface area contributed by atoms with Gasteiger partial charge in [-0.1, -0.05) is 18.6 Å². The average Bonchev–Trinajstić information content (AvgIpc) is 3.14. The Morgan fingerprint density at radius 1 is 1.24 bits per heavy atom. The fourth-order valence-electron chi connectivity index (χ4n) is 4.41. The number of sulfonamides is 1. The van der Waals surface area contributed by atoms with Crippen molar-refractivity contribution in [2.75, 3.05) is 0 Å². The quantitative estimate of drug-likeness (QED) is 0.913. The largest absolute Gasteiger partial charge is 0.264 e. The molecule has 5 heteroatoms. The lowest BCUT2D eigenvalue weighted by Gasteiger charge is -2.25. The van der Waals surface area contributed by atoms with Crippen LogP contribution < -0.4 is 4.72 Å². The fraction of sp³-hybridized carbons (Fsp3) is 0.562. The first kappa shape index (κ1) is 13.3. The zero-order valence-corrected chi connectivity index (χ0v) is 12.9. The predicted octanol–water partition coefficient (Wildman–Crippen LogP) is 2.55. The number of hydrogen-bond acceptors (Lipinski definition) is 3. The van der Waals surface area contributed by atoms with E-state index < -0.39 is 10.0 Å². The van der Waals surface area contributed by atoms with Crippen LogP contribution in [0.25, 0.3) is 0 Å². The van der Waals surface area contributed by atoms with Gasteiger partial charge >= 0.3 is 0 Å². The Balaban J connectivity index is 1.65. The number of fused-ring (bicyclic) bond motifs is 3. The van der Waals surface area contributed by atoms with E-state index in [-0.39, 0.29) is 6.04 Å². The summed E-state index contributed by atoms with van der Waals surface area (Å²) in [6.07, 6.45) is 5.31. The van der Waals surface area contributed by atoms with Crippen molar-refractivity contribution < 1.29 is 8.42 Å². The molecule has 4 nitrogen and oxygen atoms in total. The van der Waals surface area contributed by atoms with Gasteiger partial charge in [0.05, 0.1) is 10.9 Å². The van der Waals surface area contributed by atoms with Crippen LogP contribution in [0.3, 0.4) is 0 Å². The molecule has 0 saturated heterocycles. The topological polar surface area (TPSA) is 58.5 Å². The van der Waals surface area contributed by atoms with E-state index in [0.29, 0.717) is 22.2 Å². The van der Waals surface area contributed by atoms with Crippen LogP contribution >= 0.6 is 0 Å². The summed E-state index contributed by atoms with van der Waals surface area (Å²) in [6.45, 7) is 2.13. The molecule has 1 aliphatic heterocycles. The second-order valence-corrected chi connectivity index (χ2v) is 8.31. The molecule has 0 amide bonds. The minimum Gasteiger partial charge on any atom is -0.264 e. The molecule has 1 heterocycles. The molecule has 4 unspecified atom stereocenters. The zero-order chi connectivity index (χ0) is 14.6. The molecule has 0 spiro atoms. The molecule has 4 atom stereocenters. The molecule has 4 rings (SSSR count). The highest BCUT2D eigenvalue weighted by molar-refractivity contribution is 7.90. The lowest BCUT2D eigenvalue weighted by Crippen LogP contribution is -2.27. The number of nitrogens with one attached hydrogen (secondary N) is 1. The third kappa shape index (κ3) is 2.09. The predicted molar refractivity (Wildman–Crippen MR) is 81.7 cm³/mol. The first-order valence-corrected chi connectivity index (χ1v) is 9.23. The van der Waals surface area contributed by atoms with E-state index in [0.717, 1.165) is 11.8 Å². The van der Waals surface area contributed by atoms with Gasteiger partial charge in [0.25, 0.3) is 10.0 Å². The number of amidine groups is 1. The first-order valence-electron chi connectivity index (χ1n) is 7.74. The lowest BCUT2D eigenvalue weighted by molar-refractivity contribution is 0.294. The van der Waals surface area contributed by atoms with Gasteiger partial charge in [-0.2, -0.15) is 0 Å². The molecule has 1 N–H and O–H groups in total. The summed E-state index contributed by atoms with van der Waals surface area (Å²) in [5.41, 5.74) is 0.715. The van der Waals surface area contributed by atoms with E-state index in [1.54, 1.807) is 12.1 Å². The van der Waals surface area contributed by atoms with Crippen LogP contribution in [0.5, 0.6) is 0 Å². The summed E-state index contributed by atoms with van der Waals surface area (Å²) >= 11 is 0. The van der Waals surface area contributed by atoms with Gasteiger partial charge in [0, 0.05) is 5.56 Å². The second kappa shape index (κ2) is 4.57. The molecule has 2 bridgehead atoms. The highest BCUT2D eigenvalue weighted by atomic mass is 32.2. The molecule has 112 valence electrons. The number of aliphatic imine (C=N–C) groups is 1. The van der Waals surface area contributed by atoms with Gasteiger partial charge in [-0.05, 0) is 56.1 Å². The standard InChI is InChI=1S/C16H20N2O2S/c1-10(14-9-11-6-7-12(14)8-11)17-16-13-4-2-3-5-15(13)21(19,20)18-16/h2-5,10-12,14H,6-9H2,1H3,(H,17,18). The molecule has 0 radical (unpaired) electrons. The van der Waals surface area contributed by atoms with E-state index >= 15 is 0 Å². The maximum Gasteiger partial charge on any atom is 0.263 e. The molecule has 2 saturated carbocycles. The molecule has 1 aromatic carbocycles. The van der Waals surface area contributed by atoms with Crippen LogP contribution in [-0.4, -0.2) is 20.3 Å². The van der Waals surface area contributed by atoms with Crippen LogP contribution in [0.2, 0.25) is 0 Å². The van der Waals surface area contributed by atoms with Crippen molar-refractivity contribution >= 4 is 15.9 Å². The summed E-state index contributed by atoms with van der Waals surface area (Å²) in [5.74, 6) is 2.83. The number of hydrogen-bond donors (Lipinski definition) is 1. The van der Waals surface area contributed by atoms with Crippen molar-refractivity contribution in [3.63, 3.8) is 0 Å². The van der Waals surface area contributed by atoms with E-state index in [9.17, 15) is 8.42 Å². The van der Waals surface area contributed by atoms with Gasteiger partial charge in [-0.25, -0.2) is 8.42 Å². The molecule has 2 aliphatic carbocycles. The van der Waals surface area contributed by atoms with Crippen molar-refractivity contribution in [3.8, 4) is 0 Å². The maximum atomic E-state index is 12.1. The fourth-order valence-corrected chi connectivity index (χ4v) is 5.65. The van der Waals surface area contributed by atoms with Crippen molar-refractivity contribution in [2.24, 2.45) is 22.7 Å². The minimum absolute atomic E-state index is 0.184. The summed E-state index contributed by atoms with van der Waals surface area (Å²) in [6, 6.07) is 7.27. The Hall–Kier alpha value is -1.36. The second-order valence-electron chi connectivity index (χ2n) is 6.66. The molecule has 3 aliphatic rings. The number of nitrogens with zero attached hydrogens (tertiary/aromatic N) is 1. The van der Waals surface area contributed by atoms with Crippen LogP contribution in [0.15, 0.2) is 34.2 Å². The van der Waals surface area contributed by atoms with Crippen molar-refractivity contribution in [3.05, 3.63) is 29.8 Å². The SMILES string of the molecule is CC(N=C1NS(=O)(=O)c2ccccc21)C1CC2CCC1C2. The average molecular weight is 304 g/mol. The highest BCUT2D eigenvalue weighted by Gasteiger charge is 2.42. The lowest BCUT2D eigenvalue weighted by atomic mass is 9.84. The molecule has 21 heavy (non-hydrogen) atoms. The Morgan fingerprint density at radius 2 is 2.05 bits per heavy atom. The van der Waals surface area contributed by atoms with Gasteiger partial charge in [-0.3, -0.25) is 9.71 Å². The molecule has 1 aromatic rings. The third-order valence-electron chi connectivity index (χ3n) is 5.41. The van der Waals surface area contributed by atoms with Crippen LogP contribution in [0, 0.1) is 17.8 Å². The molecule has 0 aromatic heterocycles. The van der Waals surface area contributed by atoms with Gasteiger partial charge in [0.2, 0.25) is 0 Å². The van der Waals surface area contributed by atoms with Gasteiger partial charge in [-0.15, -0.1) is 0 Å². The number of benzene rings is 1. The Kier molecular flexibility index (Phi) is 2.89. The van der Waals surface area contributed by atoms with E-state index in [1.807, 2.05) is 12.1 Å². The summed E-state index contributed by atoms with van der Waals surface area (Å²) < 4.78 is 26.8. The van der Waals surface area contributed by atoms with E-state index in [1.165, 1.54) is 25.7 Å². The van der Waals surface area contributed by atoms with E-state index in [2.05, 4.69) is 11.6 Å². The first-order chi connectivity index (χ1) is 10.0. The molecular formula is C16H20N2O2S. The smallest absolute Gasteiger partial charge is 0.263 e. The molecule has 2 fully saturated rings. The van der Waals surface area contributed by atoms with Crippen molar-refractivity contribution in [2.45, 2.75) is 43.5 Å². The summed E-state index contributed by atoms with van der Waals surface area (Å²) in [4.78, 5) is 5.09. The normalized spacial score (nSPS) is 35.7. The zero-order valence-electron chi connectivity index (χ0n) is 12.1. The minimum atomic E-state index is -3.42. The molecular weight excluding hydrogens is 284 g/mol. The monoisotopic (exact) mass is 304 g/mol. The van der Waals surface area contributed by atoms with Crippen LogP contribution in [0.4, 0.5) is 0 Å². The van der Waals surface area contributed by atoms with Crippen LogP contribution in [-0.2, 0) is 10.0 Å². The Morgan fingerprint density at radius 3 is 2.76 bits per heavy atom. The highest BCUT2D eigenvalue weighted by Crippen LogP contribution is 2.50. The van der Waals surface area contributed by atoms with Crippen molar-refractivity contribution in [1.82, 2.24) is 4.72 Å². The van der Waals surface area contributed by atoms with Gasteiger partial charge < -0.3 is 0 Å². The van der Waals surface area contributed by atoms with E-state index in [4.69, 9.17) is 4.99 Å². The van der Waals surface area contributed by atoms with Crippen molar-refractivity contribution in [1.29, 1.82) is 0 Å². The Labute approximate surface area is 125 Å². The maximum absolute atomic E-state index is 12.1. The van der Waals surface area contributed by atoms with Gasteiger partial charge in [0.15, 0.2) is 0 Å². The third-order valence-corrected chi connectivity index (χ3v) is 6.80. The summed E-state index contributed by atoms with van der Waals surface area (Å²) in [5, 5.41) is 0. The van der Waals surface area contributed by atoms with Gasteiger partial charge in [0.1, 0.15) is 5.84 Å². The van der Waals surface area contributed by atoms with Crippen LogP contribution in [0.1, 0.15) is 38.2 Å². The summed E-state index contributed by atoms with van der Waals surface area (Å²) in [7, 11) is -3.42. The Bertz CT molecular complexity index is 711.